The molecule has 1 aromatic rings. The topological polar surface area (TPSA) is 72.2 Å². The molecular formula is C13H21ClF2N2O2S. The highest BCUT2D eigenvalue weighted by Crippen LogP contribution is 2.21. The molecule has 1 aromatic carbocycles. The molecule has 0 fully saturated rings. The lowest BCUT2D eigenvalue weighted by atomic mass is 9.92. The van der Waals surface area contributed by atoms with Crippen LogP contribution in [0.3, 0.4) is 0 Å². The monoisotopic (exact) mass is 342 g/mol. The minimum absolute atomic E-state index is 0. The van der Waals surface area contributed by atoms with Gasteiger partial charge in [-0.05, 0) is 31.4 Å². The van der Waals surface area contributed by atoms with Crippen LogP contribution >= 0.6 is 12.4 Å². The largest absolute Gasteiger partial charge is 0.329 e. The van der Waals surface area contributed by atoms with Crippen LogP contribution in [0.1, 0.15) is 27.2 Å². The first-order valence-electron chi connectivity index (χ1n) is 6.29. The fourth-order valence-electron chi connectivity index (χ4n) is 2.14. The zero-order valence-corrected chi connectivity index (χ0v) is 13.8. The summed E-state index contributed by atoms with van der Waals surface area (Å²) in [6.45, 7) is 5.60. The summed E-state index contributed by atoms with van der Waals surface area (Å²) in [6, 6.07) is 2.34. The summed E-state index contributed by atoms with van der Waals surface area (Å²) in [5.41, 5.74) is 4.74. The second-order valence-corrected chi connectivity index (χ2v) is 7.19. The molecule has 0 aliphatic carbocycles. The summed E-state index contributed by atoms with van der Waals surface area (Å²) in [6.07, 6.45) is 0.505. The molecule has 1 atom stereocenters. The number of nitrogens with two attached hydrogens (primary N) is 1. The number of rotatable bonds is 6. The van der Waals surface area contributed by atoms with Crippen LogP contribution in [0.25, 0.3) is 0 Å². The van der Waals surface area contributed by atoms with Gasteiger partial charge in [-0.1, -0.05) is 13.8 Å². The molecule has 8 heteroatoms. The van der Waals surface area contributed by atoms with Crippen molar-refractivity contribution < 1.29 is 17.2 Å². The van der Waals surface area contributed by atoms with Gasteiger partial charge < -0.3 is 5.73 Å². The van der Waals surface area contributed by atoms with E-state index in [1.165, 1.54) is 0 Å². The fraction of sp³-hybridized carbons (Fsp3) is 0.538. The third-order valence-electron chi connectivity index (χ3n) is 2.87. The third kappa shape index (κ3) is 5.50. The van der Waals surface area contributed by atoms with Crippen molar-refractivity contribution in [3.63, 3.8) is 0 Å². The van der Waals surface area contributed by atoms with Gasteiger partial charge in [0.15, 0.2) is 0 Å². The average Bonchev–Trinajstić information content (AvgIpc) is 2.26. The Morgan fingerprint density at radius 3 is 2.33 bits per heavy atom. The number of benzene rings is 1. The molecular weight excluding hydrogens is 322 g/mol. The molecule has 0 aliphatic heterocycles. The molecule has 0 amide bonds. The van der Waals surface area contributed by atoms with Gasteiger partial charge in [0, 0.05) is 18.2 Å². The van der Waals surface area contributed by atoms with Gasteiger partial charge in [0.1, 0.15) is 16.5 Å². The highest BCUT2D eigenvalue weighted by molar-refractivity contribution is 7.89. The van der Waals surface area contributed by atoms with Crippen LogP contribution in [-0.2, 0) is 10.0 Å². The van der Waals surface area contributed by atoms with E-state index in [0.717, 1.165) is 12.1 Å². The maximum atomic E-state index is 13.6. The predicted molar refractivity (Wildman–Crippen MR) is 80.8 cm³/mol. The van der Waals surface area contributed by atoms with E-state index in [-0.39, 0.29) is 24.9 Å². The normalized spacial score (nSPS) is 14.6. The first kappa shape index (κ1) is 20.2. The predicted octanol–water partition coefficient (Wildman–Crippen LogP) is 2.43. The van der Waals surface area contributed by atoms with E-state index in [4.69, 9.17) is 5.73 Å². The lowest BCUT2D eigenvalue weighted by Gasteiger charge is -2.30. The Hall–Kier alpha value is -0.760. The van der Waals surface area contributed by atoms with E-state index in [1.807, 2.05) is 13.8 Å². The summed E-state index contributed by atoms with van der Waals surface area (Å²) < 4.78 is 53.2. The van der Waals surface area contributed by atoms with Crippen LogP contribution in [0.4, 0.5) is 8.78 Å². The van der Waals surface area contributed by atoms with E-state index >= 15 is 0 Å². The molecule has 21 heavy (non-hydrogen) atoms. The Morgan fingerprint density at radius 2 is 1.90 bits per heavy atom. The number of hydrogen-bond acceptors (Lipinski definition) is 3. The SMILES string of the molecule is CC(C)CC(C)(CN)NS(=O)(=O)c1ccc(F)cc1F.Cl. The summed E-state index contributed by atoms with van der Waals surface area (Å²) in [5.74, 6) is -1.74. The first-order chi connectivity index (χ1) is 9.09. The molecule has 0 spiro atoms. The van der Waals surface area contributed by atoms with Gasteiger partial charge in [-0.3, -0.25) is 0 Å². The van der Waals surface area contributed by atoms with Gasteiger partial charge in [0.2, 0.25) is 10.0 Å². The Morgan fingerprint density at radius 1 is 1.33 bits per heavy atom. The molecule has 0 aliphatic rings. The van der Waals surface area contributed by atoms with Crippen molar-refractivity contribution in [1.82, 2.24) is 4.72 Å². The molecule has 4 nitrogen and oxygen atoms in total. The zero-order valence-electron chi connectivity index (χ0n) is 12.2. The smallest absolute Gasteiger partial charge is 0.244 e. The van der Waals surface area contributed by atoms with Gasteiger partial charge in [-0.15, -0.1) is 12.4 Å². The van der Waals surface area contributed by atoms with Crippen LogP contribution in [0.2, 0.25) is 0 Å². The van der Waals surface area contributed by atoms with Crippen molar-refractivity contribution in [1.29, 1.82) is 0 Å². The lowest BCUT2D eigenvalue weighted by molar-refractivity contribution is 0.344. The highest BCUT2D eigenvalue weighted by Gasteiger charge is 2.31. The van der Waals surface area contributed by atoms with Crippen LogP contribution in [0.5, 0.6) is 0 Å². The van der Waals surface area contributed by atoms with E-state index < -0.39 is 32.1 Å². The van der Waals surface area contributed by atoms with Crippen molar-refractivity contribution in [3.8, 4) is 0 Å². The maximum absolute atomic E-state index is 13.6. The third-order valence-corrected chi connectivity index (χ3v) is 4.55. The van der Waals surface area contributed by atoms with Gasteiger partial charge in [-0.25, -0.2) is 21.9 Å². The molecule has 1 rings (SSSR count). The summed E-state index contributed by atoms with van der Waals surface area (Å²) in [7, 11) is -4.09. The maximum Gasteiger partial charge on any atom is 0.244 e. The molecule has 0 radical (unpaired) electrons. The number of sulfonamides is 1. The second-order valence-electron chi connectivity index (χ2n) is 5.54. The van der Waals surface area contributed by atoms with Crippen LogP contribution in [0, 0.1) is 17.6 Å². The molecule has 1 unspecified atom stereocenters. The summed E-state index contributed by atoms with van der Waals surface area (Å²) >= 11 is 0. The molecule has 3 N–H and O–H groups in total. The van der Waals surface area contributed by atoms with E-state index in [0.29, 0.717) is 12.5 Å². The van der Waals surface area contributed by atoms with Crippen LogP contribution < -0.4 is 10.5 Å². The highest BCUT2D eigenvalue weighted by atomic mass is 35.5. The standard InChI is InChI=1S/C13H20F2N2O2S.ClH/c1-9(2)7-13(3,8-16)17-20(18,19)12-5-4-10(14)6-11(12)15;/h4-6,9,17H,7-8,16H2,1-3H3;1H. The van der Waals surface area contributed by atoms with Crippen molar-refractivity contribution in [2.45, 2.75) is 37.6 Å². The van der Waals surface area contributed by atoms with Crippen molar-refractivity contribution in [2.75, 3.05) is 6.54 Å². The molecule has 122 valence electrons. The average molecular weight is 343 g/mol. The van der Waals surface area contributed by atoms with Crippen molar-refractivity contribution >= 4 is 22.4 Å². The lowest BCUT2D eigenvalue weighted by Crippen LogP contribution is -2.52. The minimum Gasteiger partial charge on any atom is -0.329 e. The van der Waals surface area contributed by atoms with E-state index in [1.54, 1.807) is 6.92 Å². The Bertz CT molecular complexity index is 582. The summed E-state index contributed by atoms with van der Waals surface area (Å²) in [4.78, 5) is -0.581. The Balaban J connectivity index is 0.00000400. The Labute approximate surface area is 130 Å². The van der Waals surface area contributed by atoms with Gasteiger partial charge in [0.25, 0.3) is 0 Å². The molecule has 0 saturated heterocycles. The number of hydrogen-bond donors (Lipinski definition) is 2. The van der Waals surface area contributed by atoms with E-state index in [9.17, 15) is 17.2 Å². The number of nitrogens with one attached hydrogen (secondary N) is 1. The summed E-state index contributed by atoms with van der Waals surface area (Å²) in [5, 5.41) is 0. The molecule has 0 saturated carbocycles. The fourth-order valence-corrected chi connectivity index (χ4v) is 3.63. The minimum atomic E-state index is -4.09. The molecule has 0 heterocycles. The van der Waals surface area contributed by atoms with Crippen LogP contribution in [0.15, 0.2) is 23.1 Å². The zero-order chi connectivity index (χ0) is 15.6. The second kappa shape index (κ2) is 7.49. The van der Waals surface area contributed by atoms with Crippen LogP contribution in [-0.4, -0.2) is 20.5 Å². The number of halogens is 3. The van der Waals surface area contributed by atoms with E-state index in [2.05, 4.69) is 4.72 Å². The van der Waals surface area contributed by atoms with Gasteiger partial charge >= 0.3 is 0 Å². The quantitative estimate of drug-likeness (QED) is 0.834. The molecule has 0 aromatic heterocycles. The first-order valence-corrected chi connectivity index (χ1v) is 7.77. The van der Waals surface area contributed by atoms with Gasteiger partial charge in [0.05, 0.1) is 0 Å². The van der Waals surface area contributed by atoms with Crippen molar-refractivity contribution in [2.24, 2.45) is 11.7 Å². The Kier molecular flexibility index (Phi) is 7.22. The van der Waals surface area contributed by atoms with Gasteiger partial charge in [-0.2, -0.15) is 0 Å². The van der Waals surface area contributed by atoms with Crippen molar-refractivity contribution in [3.05, 3.63) is 29.8 Å². The molecule has 0 bridgehead atoms.